The van der Waals surface area contributed by atoms with Gasteiger partial charge in [0.1, 0.15) is 11.3 Å². The highest BCUT2D eigenvalue weighted by molar-refractivity contribution is 6.35. The lowest BCUT2D eigenvalue weighted by atomic mass is 10.1. The lowest BCUT2D eigenvalue weighted by Crippen LogP contribution is -2.11. The molecule has 0 unspecified atom stereocenters. The van der Waals surface area contributed by atoms with E-state index < -0.39 is 5.97 Å². The average Bonchev–Trinajstić information content (AvgIpc) is 3.12. The number of carbonyl (C=O) groups excluding carboxylic acids is 1. The molecule has 7 nitrogen and oxygen atoms in total. The van der Waals surface area contributed by atoms with Gasteiger partial charge in [0.2, 0.25) is 5.88 Å². The number of nitrogens with zero attached hydrogens (tertiary/aromatic N) is 4. The van der Waals surface area contributed by atoms with Crippen LogP contribution in [0.3, 0.4) is 0 Å². The van der Waals surface area contributed by atoms with Gasteiger partial charge in [-0.05, 0) is 32.0 Å². The van der Waals surface area contributed by atoms with E-state index in [1.54, 1.807) is 31.2 Å². The molecule has 146 valence electrons. The molecule has 0 saturated carbocycles. The molecule has 4 aromatic rings. The molecule has 0 aliphatic carbocycles. The second-order valence-electron chi connectivity index (χ2n) is 6.20. The van der Waals surface area contributed by atoms with Crippen molar-refractivity contribution >= 4 is 28.3 Å². The van der Waals surface area contributed by atoms with Crippen molar-refractivity contribution in [2.75, 3.05) is 6.61 Å². The van der Waals surface area contributed by atoms with Crippen molar-refractivity contribution in [1.29, 1.82) is 0 Å². The van der Waals surface area contributed by atoms with Crippen LogP contribution in [0.25, 0.3) is 16.6 Å². The van der Waals surface area contributed by atoms with E-state index in [1.165, 1.54) is 10.9 Å². The smallest absolute Gasteiger partial charge is 0.347 e. The molecule has 8 heteroatoms. The first-order valence-corrected chi connectivity index (χ1v) is 9.37. The Morgan fingerprint density at radius 3 is 2.59 bits per heavy atom. The van der Waals surface area contributed by atoms with Crippen LogP contribution < -0.4 is 9.47 Å². The van der Waals surface area contributed by atoms with Gasteiger partial charge in [0, 0.05) is 21.9 Å². The van der Waals surface area contributed by atoms with Gasteiger partial charge >= 0.3 is 5.97 Å². The highest BCUT2D eigenvalue weighted by Gasteiger charge is 2.19. The molecule has 29 heavy (non-hydrogen) atoms. The maximum absolute atomic E-state index is 12.8. The van der Waals surface area contributed by atoms with E-state index in [1.807, 2.05) is 31.2 Å². The van der Waals surface area contributed by atoms with Crippen molar-refractivity contribution in [3.63, 3.8) is 0 Å². The molecule has 0 bridgehead atoms. The topological polar surface area (TPSA) is 79.1 Å². The number of carbonyl (C=O) groups is 1. The lowest BCUT2D eigenvalue weighted by molar-refractivity contribution is 0.0736. The third-order valence-corrected chi connectivity index (χ3v) is 4.73. The third-order valence-electron chi connectivity index (χ3n) is 4.40. The number of benzene rings is 2. The molecule has 0 saturated heterocycles. The van der Waals surface area contributed by atoms with Gasteiger partial charge in [0.25, 0.3) is 0 Å². The number of halogens is 1. The van der Waals surface area contributed by atoms with E-state index in [2.05, 4.69) is 15.3 Å². The fourth-order valence-corrected chi connectivity index (χ4v) is 3.20. The van der Waals surface area contributed by atoms with Crippen molar-refractivity contribution in [1.82, 2.24) is 20.0 Å². The van der Waals surface area contributed by atoms with Crippen molar-refractivity contribution in [2.45, 2.75) is 13.8 Å². The van der Waals surface area contributed by atoms with Crippen molar-refractivity contribution in [2.24, 2.45) is 0 Å². The molecule has 2 aromatic heterocycles. The Bertz CT molecular complexity index is 1190. The number of hydrogen-bond acceptors (Lipinski definition) is 6. The van der Waals surface area contributed by atoms with Gasteiger partial charge in [-0.2, -0.15) is 5.10 Å². The summed E-state index contributed by atoms with van der Waals surface area (Å²) in [5.41, 5.74) is 0.923. The number of ether oxygens (including phenoxy) is 2. The molecule has 0 fully saturated rings. The molecule has 2 heterocycles. The molecular weight excluding hydrogens is 392 g/mol. The molecule has 0 N–H and O–H groups in total. The molecule has 0 amide bonds. The van der Waals surface area contributed by atoms with Crippen molar-refractivity contribution < 1.29 is 14.3 Å². The molecule has 0 spiro atoms. The van der Waals surface area contributed by atoms with Crippen LogP contribution in [-0.4, -0.2) is 32.6 Å². The Morgan fingerprint density at radius 1 is 1.07 bits per heavy atom. The van der Waals surface area contributed by atoms with Gasteiger partial charge in [-0.3, -0.25) is 0 Å². The SMILES string of the molecule is CCOc1ccc(-n2ncc(C(=O)Oc3ccc(Cl)c4ccccc34)c2C)nn1. The van der Waals surface area contributed by atoms with E-state index in [4.69, 9.17) is 21.1 Å². The van der Waals surface area contributed by atoms with Crippen LogP contribution in [0.1, 0.15) is 23.0 Å². The molecule has 0 aliphatic heterocycles. The highest BCUT2D eigenvalue weighted by Crippen LogP contribution is 2.32. The maximum atomic E-state index is 12.8. The van der Waals surface area contributed by atoms with Crippen LogP contribution in [0.5, 0.6) is 11.6 Å². The van der Waals surface area contributed by atoms with E-state index in [0.29, 0.717) is 40.3 Å². The van der Waals surface area contributed by atoms with E-state index >= 15 is 0 Å². The predicted octanol–water partition coefficient (Wildman–Crippen LogP) is 4.40. The zero-order valence-corrected chi connectivity index (χ0v) is 16.6. The van der Waals surface area contributed by atoms with Crippen molar-refractivity contribution in [3.05, 3.63) is 71.0 Å². The Kier molecular flexibility index (Phi) is 5.14. The van der Waals surface area contributed by atoms with Crippen LogP contribution in [0.2, 0.25) is 5.02 Å². The van der Waals surface area contributed by atoms with Crippen LogP contribution in [-0.2, 0) is 0 Å². The van der Waals surface area contributed by atoms with Gasteiger partial charge < -0.3 is 9.47 Å². The summed E-state index contributed by atoms with van der Waals surface area (Å²) in [7, 11) is 0. The summed E-state index contributed by atoms with van der Waals surface area (Å²) >= 11 is 6.23. The Labute approximate surface area is 171 Å². The molecule has 4 rings (SSSR count). The Hall–Kier alpha value is -3.45. The van der Waals surface area contributed by atoms with Gasteiger partial charge in [-0.25, -0.2) is 9.48 Å². The standard InChI is InChI=1S/C21H17ClN4O3/c1-3-28-20-11-10-19(24-25-20)26-13(2)16(12-23-26)21(27)29-18-9-8-17(22)14-6-4-5-7-15(14)18/h4-12H,3H2,1-2H3. The summed E-state index contributed by atoms with van der Waals surface area (Å²) in [5, 5.41) is 14.5. The third kappa shape index (κ3) is 3.64. The van der Waals surface area contributed by atoms with E-state index in [9.17, 15) is 4.79 Å². The first-order valence-electron chi connectivity index (χ1n) is 8.99. The quantitative estimate of drug-likeness (QED) is 0.360. The van der Waals surface area contributed by atoms with Gasteiger partial charge in [0.15, 0.2) is 5.82 Å². The zero-order chi connectivity index (χ0) is 20.4. The second kappa shape index (κ2) is 7.89. The first-order chi connectivity index (χ1) is 14.1. The van der Waals surface area contributed by atoms with Crippen LogP contribution in [0.15, 0.2) is 54.7 Å². The summed E-state index contributed by atoms with van der Waals surface area (Å²) < 4.78 is 12.5. The fraction of sp³-hybridized carbons (Fsp3) is 0.143. The fourth-order valence-electron chi connectivity index (χ4n) is 2.97. The summed E-state index contributed by atoms with van der Waals surface area (Å²) in [6.45, 7) is 4.14. The Morgan fingerprint density at radius 2 is 1.86 bits per heavy atom. The summed E-state index contributed by atoms with van der Waals surface area (Å²) in [6.07, 6.45) is 1.45. The summed E-state index contributed by atoms with van der Waals surface area (Å²) in [5.74, 6) is 0.820. The number of fused-ring (bicyclic) bond motifs is 1. The molecular formula is C21H17ClN4O3. The van der Waals surface area contributed by atoms with Crippen LogP contribution >= 0.6 is 11.6 Å². The monoisotopic (exact) mass is 408 g/mol. The highest BCUT2D eigenvalue weighted by atomic mass is 35.5. The van der Waals surface area contributed by atoms with Crippen molar-refractivity contribution in [3.8, 4) is 17.4 Å². The number of aromatic nitrogens is 4. The number of hydrogen-bond donors (Lipinski definition) is 0. The number of rotatable bonds is 5. The lowest BCUT2D eigenvalue weighted by Gasteiger charge is -2.09. The normalized spacial score (nSPS) is 10.9. The van der Waals surface area contributed by atoms with Gasteiger partial charge in [-0.15, -0.1) is 10.2 Å². The molecule has 0 radical (unpaired) electrons. The molecule has 0 atom stereocenters. The Balaban J connectivity index is 1.62. The average molecular weight is 409 g/mol. The van der Waals surface area contributed by atoms with Crippen LogP contribution in [0, 0.1) is 6.92 Å². The summed E-state index contributed by atoms with van der Waals surface area (Å²) in [6, 6.07) is 14.3. The molecule has 0 aliphatic rings. The predicted molar refractivity (Wildman–Crippen MR) is 109 cm³/mol. The second-order valence-corrected chi connectivity index (χ2v) is 6.61. The minimum absolute atomic E-state index is 0.333. The first kappa shape index (κ1) is 18.9. The zero-order valence-electron chi connectivity index (χ0n) is 15.8. The maximum Gasteiger partial charge on any atom is 0.347 e. The van der Waals surface area contributed by atoms with E-state index in [-0.39, 0.29) is 0 Å². The minimum Gasteiger partial charge on any atom is -0.477 e. The van der Waals surface area contributed by atoms with Gasteiger partial charge in [0.05, 0.1) is 18.5 Å². The minimum atomic E-state index is -0.514. The number of esters is 1. The molecule has 2 aromatic carbocycles. The van der Waals surface area contributed by atoms with E-state index in [0.717, 1.165) is 10.8 Å². The van der Waals surface area contributed by atoms with Gasteiger partial charge in [-0.1, -0.05) is 35.9 Å². The summed E-state index contributed by atoms with van der Waals surface area (Å²) in [4.78, 5) is 12.8. The van der Waals surface area contributed by atoms with Crippen LogP contribution in [0.4, 0.5) is 0 Å². The largest absolute Gasteiger partial charge is 0.477 e.